The van der Waals surface area contributed by atoms with Gasteiger partial charge in [-0.2, -0.15) is 5.10 Å². The largest absolute Gasteiger partial charge is 0.385 e. The van der Waals surface area contributed by atoms with Gasteiger partial charge in [0.2, 0.25) is 0 Å². The first-order valence-electron chi connectivity index (χ1n) is 3.54. The molecule has 0 spiro atoms. The van der Waals surface area contributed by atoms with Gasteiger partial charge < -0.3 is 10.8 Å². The van der Waals surface area contributed by atoms with Crippen LogP contribution in [0.3, 0.4) is 0 Å². The summed E-state index contributed by atoms with van der Waals surface area (Å²) in [5, 5.41) is 13.4. The van der Waals surface area contributed by atoms with Crippen LogP contribution in [0.15, 0.2) is 12.3 Å². The molecule has 2 atom stereocenters. The van der Waals surface area contributed by atoms with Gasteiger partial charge in [-0.1, -0.05) is 0 Å². The first-order valence-corrected chi connectivity index (χ1v) is 3.54. The normalized spacial score (nSPS) is 16.4. The first-order chi connectivity index (χ1) is 5.11. The number of aliphatic hydroxyl groups excluding tert-OH is 1. The van der Waals surface area contributed by atoms with Crippen molar-refractivity contribution in [3.05, 3.63) is 18.0 Å². The molecule has 0 fully saturated rings. The van der Waals surface area contributed by atoms with E-state index in [1.165, 1.54) is 0 Å². The van der Waals surface area contributed by atoms with E-state index in [1.807, 2.05) is 0 Å². The van der Waals surface area contributed by atoms with Crippen molar-refractivity contribution in [2.24, 2.45) is 12.8 Å². The second-order valence-electron chi connectivity index (χ2n) is 2.72. The van der Waals surface area contributed by atoms with Crippen molar-refractivity contribution in [3.8, 4) is 0 Å². The lowest BCUT2D eigenvalue weighted by Crippen LogP contribution is -2.24. The predicted octanol–water partition coefficient (Wildman–Crippen LogP) is -0.199. The number of rotatable bonds is 2. The summed E-state index contributed by atoms with van der Waals surface area (Å²) in [5.74, 6) is 0. The van der Waals surface area contributed by atoms with Crippen LogP contribution in [0.25, 0.3) is 0 Å². The van der Waals surface area contributed by atoms with Gasteiger partial charge in [-0.3, -0.25) is 4.68 Å². The Kier molecular flexibility index (Phi) is 2.26. The summed E-state index contributed by atoms with van der Waals surface area (Å²) < 4.78 is 1.64. The maximum atomic E-state index is 9.41. The molecule has 2 unspecified atom stereocenters. The maximum absolute atomic E-state index is 9.41. The Balaban J connectivity index is 2.76. The third-order valence-electron chi connectivity index (χ3n) is 1.54. The molecule has 0 aliphatic rings. The van der Waals surface area contributed by atoms with Crippen LogP contribution in [0.1, 0.15) is 18.7 Å². The second kappa shape index (κ2) is 3.02. The third-order valence-corrected chi connectivity index (χ3v) is 1.54. The molecule has 1 aromatic rings. The van der Waals surface area contributed by atoms with Gasteiger partial charge in [0.25, 0.3) is 0 Å². The number of nitrogens with two attached hydrogens (primary N) is 1. The van der Waals surface area contributed by atoms with E-state index in [1.54, 1.807) is 30.9 Å². The molecule has 0 saturated heterocycles. The lowest BCUT2D eigenvalue weighted by molar-refractivity contribution is 0.148. The summed E-state index contributed by atoms with van der Waals surface area (Å²) in [6.45, 7) is 1.75. The molecule has 0 radical (unpaired) electrons. The summed E-state index contributed by atoms with van der Waals surface area (Å²) in [5.41, 5.74) is 6.11. The van der Waals surface area contributed by atoms with E-state index in [9.17, 15) is 5.11 Å². The van der Waals surface area contributed by atoms with Gasteiger partial charge in [-0.25, -0.2) is 0 Å². The molecule has 1 rings (SSSR count). The average molecular weight is 155 g/mol. The number of hydrogen-bond donors (Lipinski definition) is 2. The van der Waals surface area contributed by atoms with Crippen molar-refractivity contribution in [3.63, 3.8) is 0 Å². The Morgan fingerprint density at radius 3 is 2.73 bits per heavy atom. The minimum Gasteiger partial charge on any atom is -0.385 e. The van der Waals surface area contributed by atoms with Crippen molar-refractivity contribution in [1.29, 1.82) is 0 Å². The van der Waals surface area contributed by atoms with Crippen LogP contribution in [0.2, 0.25) is 0 Å². The fourth-order valence-corrected chi connectivity index (χ4v) is 0.860. The van der Waals surface area contributed by atoms with Gasteiger partial charge in [0.05, 0.1) is 5.69 Å². The van der Waals surface area contributed by atoms with Crippen LogP contribution in [0.5, 0.6) is 0 Å². The van der Waals surface area contributed by atoms with Crippen molar-refractivity contribution in [2.75, 3.05) is 0 Å². The smallest absolute Gasteiger partial charge is 0.113 e. The van der Waals surface area contributed by atoms with Crippen LogP contribution < -0.4 is 5.73 Å². The minimum absolute atomic E-state index is 0.273. The van der Waals surface area contributed by atoms with Gasteiger partial charge >= 0.3 is 0 Å². The topological polar surface area (TPSA) is 64.1 Å². The Morgan fingerprint density at radius 2 is 2.36 bits per heavy atom. The average Bonchev–Trinajstić information content (AvgIpc) is 2.34. The maximum Gasteiger partial charge on any atom is 0.113 e. The first kappa shape index (κ1) is 8.23. The number of nitrogens with zero attached hydrogens (tertiary/aromatic N) is 2. The molecule has 0 amide bonds. The molecular weight excluding hydrogens is 142 g/mol. The fourth-order valence-electron chi connectivity index (χ4n) is 0.860. The Labute approximate surface area is 65.6 Å². The summed E-state index contributed by atoms with van der Waals surface area (Å²) in [4.78, 5) is 0. The van der Waals surface area contributed by atoms with Crippen LogP contribution in [-0.2, 0) is 7.05 Å². The molecule has 11 heavy (non-hydrogen) atoms. The van der Waals surface area contributed by atoms with Gasteiger partial charge in [0, 0.05) is 19.3 Å². The Hall–Kier alpha value is -0.870. The SMILES string of the molecule is CC(N)C(O)c1ccn(C)n1. The summed E-state index contributed by atoms with van der Waals surface area (Å²) in [6, 6.07) is 1.48. The summed E-state index contributed by atoms with van der Waals surface area (Å²) >= 11 is 0. The van der Waals surface area contributed by atoms with Crippen LogP contribution in [0, 0.1) is 0 Å². The van der Waals surface area contributed by atoms with Gasteiger partial charge in [0.15, 0.2) is 0 Å². The van der Waals surface area contributed by atoms with Gasteiger partial charge in [-0.05, 0) is 13.0 Å². The second-order valence-corrected chi connectivity index (χ2v) is 2.72. The lowest BCUT2D eigenvalue weighted by atomic mass is 10.1. The van der Waals surface area contributed by atoms with E-state index in [2.05, 4.69) is 5.10 Å². The Bertz CT molecular complexity index is 231. The number of hydrogen-bond acceptors (Lipinski definition) is 3. The van der Waals surface area contributed by atoms with Crippen LogP contribution in [0.4, 0.5) is 0 Å². The molecule has 1 aromatic heterocycles. The number of aromatic nitrogens is 2. The van der Waals surface area contributed by atoms with Crippen molar-refractivity contribution < 1.29 is 5.11 Å². The quantitative estimate of drug-likeness (QED) is 0.621. The van der Waals surface area contributed by atoms with Crippen LogP contribution >= 0.6 is 0 Å². The summed E-state index contributed by atoms with van der Waals surface area (Å²) in [6.07, 6.45) is 1.12. The molecule has 4 nitrogen and oxygen atoms in total. The molecule has 0 aliphatic heterocycles. The van der Waals surface area contributed by atoms with E-state index in [0.717, 1.165) is 0 Å². The van der Waals surface area contributed by atoms with E-state index in [0.29, 0.717) is 5.69 Å². The van der Waals surface area contributed by atoms with E-state index in [-0.39, 0.29) is 6.04 Å². The van der Waals surface area contributed by atoms with Crippen molar-refractivity contribution in [1.82, 2.24) is 9.78 Å². The zero-order valence-electron chi connectivity index (χ0n) is 6.73. The highest BCUT2D eigenvalue weighted by atomic mass is 16.3. The zero-order valence-corrected chi connectivity index (χ0v) is 6.73. The van der Waals surface area contributed by atoms with E-state index < -0.39 is 6.10 Å². The third kappa shape index (κ3) is 1.78. The molecule has 0 bridgehead atoms. The van der Waals surface area contributed by atoms with Crippen molar-refractivity contribution in [2.45, 2.75) is 19.1 Å². The fraction of sp³-hybridized carbons (Fsp3) is 0.571. The molecule has 0 aromatic carbocycles. The molecule has 1 heterocycles. The monoisotopic (exact) mass is 155 g/mol. The van der Waals surface area contributed by atoms with Gasteiger partial charge in [0.1, 0.15) is 6.10 Å². The van der Waals surface area contributed by atoms with Crippen LogP contribution in [-0.4, -0.2) is 20.9 Å². The highest BCUT2D eigenvalue weighted by molar-refractivity contribution is 5.04. The highest BCUT2D eigenvalue weighted by Crippen LogP contribution is 2.11. The minimum atomic E-state index is -0.656. The van der Waals surface area contributed by atoms with E-state index >= 15 is 0 Å². The molecule has 3 N–H and O–H groups in total. The molecule has 0 aliphatic carbocycles. The lowest BCUT2D eigenvalue weighted by Gasteiger charge is -2.10. The summed E-state index contributed by atoms with van der Waals surface area (Å²) in [7, 11) is 1.80. The van der Waals surface area contributed by atoms with Gasteiger partial charge in [-0.15, -0.1) is 0 Å². The Morgan fingerprint density at radius 1 is 1.73 bits per heavy atom. The molecule has 0 saturated carbocycles. The highest BCUT2D eigenvalue weighted by Gasteiger charge is 2.14. The molecule has 4 heteroatoms. The molecule has 62 valence electrons. The van der Waals surface area contributed by atoms with E-state index in [4.69, 9.17) is 5.73 Å². The number of aliphatic hydroxyl groups is 1. The van der Waals surface area contributed by atoms with Crippen molar-refractivity contribution >= 4 is 0 Å². The zero-order chi connectivity index (χ0) is 8.43. The molecular formula is C7H13N3O. The number of aryl methyl sites for hydroxylation is 1. The standard InChI is InChI=1S/C7H13N3O/c1-5(8)7(11)6-3-4-10(2)9-6/h3-5,7,11H,8H2,1-2H3. The predicted molar refractivity (Wildman–Crippen MR) is 41.8 cm³/mol.